The zero-order valence-corrected chi connectivity index (χ0v) is 9.16. The summed E-state index contributed by atoms with van der Waals surface area (Å²) >= 11 is 0. The molecule has 2 rings (SSSR count). The molecule has 0 unspecified atom stereocenters. The van der Waals surface area contributed by atoms with Gasteiger partial charge in [-0.05, 0) is 19.1 Å². The van der Waals surface area contributed by atoms with E-state index in [1.165, 1.54) is 6.07 Å². The molecule has 0 saturated carbocycles. The molecule has 84 valence electrons. The van der Waals surface area contributed by atoms with Crippen LogP contribution in [0.4, 0.5) is 21.6 Å². The van der Waals surface area contributed by atoms with Crippen LogP contribution in [0.5, 0.6) is 0 Å². The molecule has 0 aliphatic carbocycles. The third kappa shape index (κ3) is 1.71. The van der Waals surface area contributed by atoms with E-state index in [2.05, 4.69) is 10.4 Å². The van der Waals surface area contributed by atoms with Crippen LogP contribution in [0.2, 0.25) is 0 Å². The highest BCUT2D eigenvalue weighted by atomic mass is 19.1. The minimum Gasteiger partial charge on any atom is -0.394 e. The lowest BCUT2D eigenvalue weighted by Crippen LogP contribution is -2.02. The molecule has 1 aromatic heterocycles. The molecule has 4 nitrogen and oxygen atoms in total. The van der Waals surface area contributed by atoms with Crippen molar-refractivity contribution in [1.29, 1.82) is 0 Å². The summed E-state index contributed by atoms with van der Waals surface area (Å²) in [6.45, 7) is 1.81. The Balaban J connectivity index is 2.38. The summed E-state index contributed by atoms with van der Waals surface area (Å²) < 4.78 is 15.0. The fourth-order valence-electron chi connectivity index (χ4n) is 1.51. The zero-order valence-electron chi connectivity index (χ0n) is 9.16. The van der Waals surface area contributed by atoms with Crippen molar-refractivity contribution in [2.45, 2.75) is 6.92 Å². The first-order chi connectivity index (χ1) is 7.59. The molecule has 0 fully saturated rings. The van der Waals surface area contributed by atoms with Crippen molar-refractivity contribution < 1.29 is 4.39 Å². The number of anilines is 3. The van der Waals surface area contributed by atoms with Crippen LogP contribution in [0.1, 0.15) is 5.69 Å². The zero-order chi connectivity index (χ0) is 11.7. The van der Waals surface area contributed by atoms with Gasteiger partial charge in [-0.2, -0.15) is 5.10 Å². The number of para-hydroxylation sites is 1. The molecule has 1 aromatic carbocycles. The number of halogens is 1. The van der Waals surface area contributed by atoms with Crippen LogP contribution in [0, 0.1) is 12.7 Å². The molecule has 0 amide bonds. The Morgan fingerprint density at radius 2 is 2.06 bits per heavy atom. The van der Waals surface area contributed by atoms with Gasteiger partial charge in [-0.25, -0.2) is 4.39 Å². The van der Waals surface area contributed by atoms with Gasteiger partial charge in [0.05, 0.1) is 17.1 Å². The predicted molar refractivity (Wildman–Crippen MR) is 62.0 cm³/mol. The van der Waals surface area contributed by atoms with Gasteiger partial charge >= 0.3 is 0 Å². The molecular weight excluding hydrogens is 207 g/mol. The van der Waals surface area contributed by atoms with Crippen molar-refractivity contribution in [3.63, 3.8) is 0 Å². The number of aryl methyl sites for hydroxylation is 2. The van der Waals surface area contributed by atoms with E-state index in [4.69, 9.17) is 5.73 Å². The maximum absolute atomic E-state index is 13.4. The van der Waals surface area contributed by atoms with E-state index in [1.807, 2.05) is 6.92 Å². The molecule has 5 heteroatoms. The number of rotatable bonds is 2. The van der Waals surface area contributed by atoms with Crippen molar-refractivity contribution in [1.82, 2.24) is 9.78 Å². The number of nitrogens with zero attached hydrogens (tertiary/aromatic N) is 2. The van der Waals surface area contributed by atoms with E-state index >= 15 is 0 Å². The molecule has 0 atom stereocenters. The second-order valence-corrected chi connectivity index (χ2v) is 3.58. The number of benzene rings is 1. The van der Waals surface area contributed by atoms with Crippen LogP contribution < -0.4 is 11.1 Å². The highest BCUT2D eigenvalue weighted by molar-refractivity contribution is 5.71. The summed E-state index contributed by atoms with van der Waals surface area (Å²) in [7, 11) is 1.76. The minimum atomic E-state index is -0.319. The summed E-state index contributed by atoms with van der Waals surface area (Å²) in [5.74, 6) is 0.281. The van der Waals surface area contributed by atoms with Crippen molar-refractivity contribution in [3.8, 4) is 0 Å². The Labute approximate surface area is 92.9 Å². The van der Waals surface area contributed by atoms with Gasteiger partial charge in [0.15, 0.2) is 5.82 Å². The number of nitrogens with one attached hydrogen (secondary N) is 1. The summed E-state index contributed by atoms with van der Waals surface area (Å²) in [6, 6.07) is 6.43. The van der Waals surface area contributed by atoms with E-state index in [0.717, 1.165) is 5.69 Å². The average molecular weight is 220 g/mol. The third-order valence-electron chi connectivity index (χ3n) is 2.40. The first kappa shape index (κ1) is 10.5. The van der Waals surface area contributed by atoms with Crippen molar-refractivity contribution in [3.05, 3.63) is 35.8 Å². The Morgan fingerprint density at radius 3 is 2.62 bits per heavy atom. The summed E-state index contributed by atoms with van der Waals surface area (Å²) in [6.07, 6.45) is 0. The van der Waals surface area contributed by atoms with Crippen molar-refractivity contribution in [2.24, 2.45) is 7.05 Å². The van der Waals surface area contributed by atoms with Gasteiger partial charge in [0, 0.05) is 7.05 Å². The lowest BCUT2D eigenvalue weighted by atomic mass is 10.3. The van der Waals surface area contributed by atoms with Crippen molar-refractivity contribution >= 4 is 17.2 Å². The second-order valence-electron chi connectivity index (χ2n) is 3.58. The van der Waals surface area contributed by atoms with E-state index in [0.29, 0.717) is 17.2 Å². The summed E-state index contributed by atoms with van der Waals surface area (Å²) in [4.78, 5) is 0. The molecule has 0 aliphatic heterocycles. The normalized spacial score (nSPS) is 10.4. The quantitative estimate of drug-likeness (QED) is 0.815. The maximum Gasteiger partial charge on any atom is 0.152 e. The van der Waals surface area contributed by atoms with Crippen LogP contribution in [0.3, 0.4) is 0 Å². The highest BCUT2D eigenvalue weighted by Crippen LogP contribution is 2.26. The Hall–Kier alpha value is -2.04. The molecule has 0 bridgehead atoms. The maximum atomic E-state index is 13.4. The SMILES string of the molecule is Cc1nn(C)c(Nc2ccccc2F)c1N. The Kier molecular flexibility index (Phi) is 2.52. The van der Waals surface area contributed by atoms with Crippen molar-refractivity contribution in [2.75, 3.05) is 11.1 Å². The number of hydrogen-bond donors (Lipinski definition) is 2. The molecule has 16 heavy (non-hydrogen) atoms. The largest absolute Gasteiger partial charge is 0.394 e. The van der Waals surface area contributed by atoms with E-state index < -0.39 is 0 Å². The van der Waals surface area contributed by atoms with Crippen LogP contribution in [0.25, 0.3) is 0 Å². The molecule has 1 heterocycles. The molecule has 0 radical (unpaired) electrons. The monoisotopic (exact) mass is 220 g/mol. The first-order valence-corrected chi connectivity index (χ1v) is 4.90. The lowest BCUT2D eigenvalue weighted by Gasteiger charge is -2.08. The standard InChI is InChI=1S/C11H13FN4/c1-7-10(13)11(16(2)15-7)14-9-6-4-3-5-8(9)12/h3-6,14H,13H2,1-2H3. The van der Waals surface area contributed by atoms with E-state index in [9.17, 15) is 4.39 Å². The molecule has 0 spiro atoms. The lowest BCUT2D eigenvalue weighted by molar-refractivity contribution is 0.631. The smallest absolute Gasteiger partial charge is 0.152 e. The van der Waals surface area contributed by atoms with Gasteiger partial charge in [0.1, 0.15) is 5.82 Å². The molecule has 0 aliphatic rings. The van der Waals surface area contributed by atoms with Crippen LogP contribution in [-0.4, -0.2) is 9.78 Å². The summed E-state index contributed by atoms with van der Waals surface area (Å²) in [5.41, 5.74) is 7.48. The Morgan fingerprint density at radius 1 is 1.38 bits per heavy atom. The highest BCUT2D eigenvalue weighted by Gasteiger charge is 2.11. The predicted octanol–water partition coefficient (Wildman–Crippen LogP) is 2.19. The summed E-state index contributed by atoms with van der Waals surface area (Å²) in [5, 5.41) is 7.07. The minimum absolute atomic E-state index is 0.319. The van der Waals surface area contributed by atoms with Crippen LogP contribution >= 0.6 is 0 Å². The molecule has 3 N–H and O–H groups in total. The fourth-order valence-corrected chi connectivity index (χ4v) is 1.51. The van der Waals surface area contributed by atoms with Gasteiger partial charge in [0.25, 0.3) is 0 Å². The van der Waals surface area contributed by atoms with Crippen LogP contribution in [-0.2, 0) is 7.05 Å². The number of nitrogen functional groups attached to an aromatic ring is 1. The second kappa shape index (κ2) is 3.84. The fraction of sp³-hybridized carbons (Fsp3) is 0.182. The van der Waals surface area contributed by atoms with Crippen LogP contribution in [0.15, 0.2) is 24.3 Å². The van der Waals surface area contributed by atoms with E-state index in [1.54, 1.807) is 29.9 Å². The van der Waals surface area contributed by atoms with Gasteiger partial charge in [-0.3, -0.25) is 4.68 Å². The number of hydrogen-bond acceptors (Lipinski definition) is 3. The number of nitrogens with two attached hydrogens (primary N) is 1. The molecule has 0 saturated heterocycles. The number of aromatic nitrogens is 2. The molecular formula is C11H13FN4. The topological polar surface area (TPSA) is 55.9 Å². The van der Waals surface area contributed by atoms with E-state index in [-0.39, 0.29) is 5.82 Å². The van der Waals surface area contributed by atoms with Gasteiger partial charge in [-0.15, -0.1) is 0 Å². The molecule has 2 aromatic rings. The Bertz CT molecular complexity index is 519. The van der Waals surface area contributed by atoms with Gasteiger partial charge < -0.3 is 11.1 Å². The van der Waals surface area contributed by atoms with Gasteiger partial charge in [-0.1, -0.05) is 12.1 Å². The average Bonchev–Trinajstić information content (AvgIpc) is 2.48. The third-order valence-corrected chi connectivity index (χ3v) is 2.40. The van der Waals surface area contributed by atoms with Gasteiger partial charge in [0.2, 0.25) is 0 Å². The first-order valence-electron chi connectivity index (χ1n) is 4.90.